The zero-order valence-corrected chi connectivity index (χ0v) is 22.7. The quantitative estimate of drug-likeness (QED) is 0.260. The third-order valence-electron chi connectivity index (χ3n) is 6.04. The summed E-state index contributed by atoms with van der Waals surface area (Å²) in [5, 5.41) is 4.72. The van der Waals surface area contributed by atoms with Crippen molar-refractivity contribution in [2.24, 2.45) is 5.73 Å². The molecule has 2 heterocycles. The number of nitrogens with two attached hydrogens (primary N) is 1. The Labute approximate surface area is 230 Å². The summed E-state index contributed by atoms with van der Waals surface area (Å²) in [6.45, 7) is 5.07. The molecule has 1 saturated heterocycles. The number of thioether (sulfide) groups is 1. The summed E-state index contributed by atoms with van der Waals surface area (Å²) in [5.41, 5.74) is 7.29. The van der Waals surface area contributed by atoms with Crippen molar-refractivity contribution in [3.05, 3.63) is 72.1 Å². The molecule has 4 rings (SSSR count). The molecule has 0 spiro atoms. The van der Waals surface area contributed by atoms with Crippen LogP contribution in [0.25, 0.3) is 5.57 Å². The van der Waals surface area contributed by atoms with Crippen LogP contribution in [0.1, 0.15) is 23.6 Å². The van der Waals surface area contributed by atoms with Crippen LogP contribution in [-0.4, -0.2) is 60.9 Å². The van der Waals surface area contributed by atoms with Gasteiger partial charge in [-0.1, -0.05) is 6.58 Å². The minimum Gasteiger partial charge on any atom is -0.495 e. The summed E-state index contributed by atoms with van der Waals surface area (Å²) in [6, 6.07) is 8.18. The number of primary amides is 1. The number of aromatic nitrogens is 2. The Balaban J connectivity index is 1.64. The van der Waals surface area contributed by atoms with Crippen molar-refractivity contribution in [2.75, 3.05) is 50.5 Å². The van der Waals surface area contributed by atoms with Crippen LogP contribution in [0.3, 0.4) is 0 Å². The van der Waals surface area contributed by atoms with E-state index in [2.05, 4.69) is 26.8 Å². The number of anilines is 3. The van der Waals surface area contributed by atoms with Crippen LogP contribution in [-0.2, 0) is 9.63 Å². The van der Waals surface area contributed by atoms with Crippen molar-refractivity contribution in [3.63, 3.8) is 0 Å². The van der Waals surface area contributed by atoms with E-state index in [1.807, 2.05) is 20.2 Å². The highest BCUT2D eigenvalue weighted by atomic mass is 32.2. The smallest absolute Gasteiger partial charge is 0.248 e. The van der Waals surface area contributed by atoms with Crippen molar-refractivity contribution in [2.45, 2.75) is 17.4 Å². The first kappa shape index (κ1) is 28.3. The second-order valence-electron chi connectivity index (χ2n) is 9.10. The number of carbonyl (C=O) groups is 1. The number of hydroxylamine groups is 1. The largest absolute Gasteiger partial charge is 0.495 e. The summed E-state index contributed by atoms with van der Waals surface area (Å²) >= 11 is 1.56. The van der Waals surface area contributed by atoms with Crippen molar-refractivity contribution in [3.8, 4) is 5.75 Å². The molecule has 1 aromatic heterocycles. The third-order valence-corrected chi connectivity index (χ3v) is 7.07. The molecule has 206 valence electrons. The first-order valence-corrected chi connectivity index (χ1v) is 13.1. The van der Waals surface area contributed by atoms with Crippen LogP contribution in [0.15, 0.2) is 54.2 Å². The van der Waals surface area contributed by atoms with Gasteiger partial charge in [-0.15, -0.1) is 11.8 Å². The molecular weight excluding hydrogens is 526 g/mol. The first-order chi connectivity index (χ1) is 18.7. The Morgan fingerprint density at radius 3 is 2.64 bits per heavy atom. The van der Waals surface area contributed by atoms with Gasteiger partial charge in [-0.25, -0.2) is 23.8 Å². The number of amides is 1. The summed E-state index contributed by atoms with van der Waals surface area (Å²) < 4.78 is 33.4. The molecule has 3 N–H and O–H groups in total. The number of carbonyl (C=O) groups excluding carboxylic acids is 1. The Morgan fingerprint density at radius 1 is 1.23 bits per heavy atom. The van der Waals surface area contributed by atoms with Gasteiger partial charge in [0.1, 0.15) is 29.5 Å². The lowest BCUT2D eigenvalue weighted by molar-refractivity contribution is -0.112. The van der Waals surface area contributed by atoms with Crippen molar-refractivity contribution >= 4 is 40.6 Å². The molecule has 1 amide bonds. The highest BCUT2D eigenvalue weighted by Gasteiger charge is 2.30. The predicted octanol–water partition coefficient (Wildman–Crippen LogP) is 4.54. The van der Waals surface area contributed by atoms with E-state index in [0.29, 0.717) is 47.2 Å². The summed E-state index contributed by atoms with van der Waals surface area (Å²) in [5.74, 6) is 0.155. The molecule has 9 nitrogen and oxygen atoms in total. The number of ether oxygens (including phenoxy) is 1. The van der Waals surface area contributed by atoms with E-state index in [4.69, 9.17) is 15.3 Å². The lowest BCUT2D eigenvalue weighted by Gasteiger charge is -2.24. The normalized spacial score (nSPS) is 15.0. The average Bonchev–Trinajstić information content (AvgIpc) is 3.38. The van der Waals surface area contributed by atoms with Gasteiger partial charge in [0.05, 0.1) is 25.4 Å². The molecule has 1 aliphatic heterocycles. The Kier molecular flexibility index (Phi) is 9.00. The van der Waals surface area contributed by atoms with Crippen LogP contribution in [0, 0.1) is 11.6 Å². The lowest BCUT2D eigenvalue weighted by Crippen LogP contribution is -2.22. The molecule has 3 aromatic rings. The molecule has 12 heteroatoms. The summed E-state index contributed by atoms with van der Waals surface area (Å²) in [4.78, 5) is 29.2. The number of halogens is 2. The van der Waals surface area contributed by atoms with Gasteiger partial charge < -0.3 is 20.7 Å². The molecule has 1 aliphatic rings. The molecule has 0 radical (unpaired) electrons. The van der Waals surface area contributed by atoms with Crippen LogP contribution in [0.4, 0.5) is 26.1 Å². The van der Waals surface area contributed by atoms with Gasteiger partial charge in [0.15, 0.2) is 5.82 Å². The number of nitrogens with one attached hydrogen (secondary N) is 1. The molecule has 1 unspecified atom stereocenters. The second kappa shape index (κ2) is 12.4. The average molecular weight is 557 g/mol. The van der Waals surface area contributed by atoms with Gasteiger partial charge >= 0.3 is 0 Å². The minimum absolute atomic E-state index is 0.173. The standard InChI is InChI=1S/C27H30F2N6O3S/c1-16(27(30)36)20-12-21(23(37-4)13-24(20)39-8-6-34(2)3)33-25-14-26(32-15-31-25)35-22(5-7-38-35)17-9-18(28)11-19(29)10-17/h9-15,22H,1,5-8H2,2-4H3,(H2,30,36)(H,31,32,33). The fourth-order valence-corrected chi connectivity index (χ4v) is 5.30. The van der Waals surface area contributed by atoms with Crippen molar-refractivity contribution in [1.82, 2.24) is 14.9 Å². The lowest BCUT2D eigenvalue weighted by atomic mass is 10.0. The summed E-state index contributed by atoms with van der Waals surface area (Å²) in [7, 11) is 5.52. The molecule has 2 aromatic carbocycles. The maximum absolute atomic E-state index is 13.9. The predicted molar refractivity (Wildman–Crippen MR) is 148 cm³/mol. The van der Waals surface area contributed by atoms with Gasteiger partial charge in [-0.2, -0.15) is 0 Å². The number of nitrogens with zero attached hydrogens (tertiary/aromatic N) is 4. The van der Waals surface area contributed by atoms with E-state index in [1.54, 1.807) is 31.0 Å². The fourth-order valence-electron chi connectivity index (χ4n) is 4.09. The maximum Gasteiger partial charge on any atom is 0.248 e. The van der Waals surface area contributed by atoms with Gasteiger partial charge in [0.2, 0.25) is 5.91 Å². The second-order valence-corrected chi connectivity index (χ2v) is 10.2. The van der Waals surface area contributed by atoms with E-state index in [9.17, 15) is 13.6 Å². The highest BCUT2D eigenvalue weighted by molar-refractivity contribution is 7.99. The molecule has 0 bridgehead atoms. The zero-order valence-electron chi connectivity index (χ0n) is 21.9. The maximum atomic E-state index is 13.9. The van der Waals surface area contributed by atoms with Gasteiger partial charge in [-0.05, 0) is 43.9 Å². The Hall–Kier alpha value is -3.74. The van der Waals surface area contributed by atoms with E-state index in [0.717, 1.165) is 23.3 Å². The number of benzene rings is 2. The van der Waals surface area contributed by atoms with E-state index >= 15 is 0 Å². The molecule has 39 heavy (non-hydrogen) atoms. The van der Waals surface area contributed by atoms with Crippen molar-refractivity contribution in [1.29, 1.82) is 0 Å². The molecule has 1 atom stereocenters. The number of hydrogen-bond acceptors (Lipinski definition) is 9. The molecule has 0 saturated carbocycles. The monoisotopic (exact) mass is 556 g/mol. The fraction of sp³-hybridized carbons (Fsp3) is 0.296. The van der Waals surface area contributed by atoms with Gasteiger partial charge in [0, 0.05) is 46.9 Å². The topological polar surface area (TPSA) is 106 Å². The highest BCUT2D eigenvalue weighted by Crippen LogP contribution is 2.39. The van der Waals surface area contributed by atoms with E-state index in [-0.39, 0.29) is 5.57 Å². The number of methoxy groups -OCH3 is 1. The Bertz CT molecular complexity index is 1350. The molecule has 1 fully saturated rings. The SMILES string of the molecule is C=C(C(N)=O)c1cc(Nc2cc(N3OCCC3c3cc(F)cc(F)c3)ncn2)c(OC)cc1SCCN(C)C. The minimum atomic E-state index is -0.661. The molecule has 0 aliphatic carbocycles. The number of rotatable bonds is 11. The van der Waals surface area contributed by atoms with Gasteiger partial charge in [-0.3, -0.25) is 9.63 Å². The molecular formula is C27H30F2N6O3S. The van der Waals surface area contributed by atoms with E-state index in [1.165, 1.54) is 23.5 Å². The zero-order chi connectivity index (χ0) is 28.1. The van der Waals surface area contributed by atoms with Crippen LogP contribution in [0.2, 0.25) is 0 Å². The van der Waals surface area contributed by atoms with E-state index < -0.39 is 23.6 Å². The summed E-state index contributed by atoms with van der Waals surface area (Å²) in [6.07, 6.45) is 1.87. The number of hydrogen-bond donors (Lipinski definition) is 2. The van der Waals surface area contributed by atoms with Crippen LogP contribution >= 0.6 is 11.8 Å². The first-order valence-electron chi connectivity index (χ1n) is 12.1. The van der Waals surface area contributed by atoms with Crippen LogP contribution in [0.5, 0.6) is 5.75 Å². The third kappa shape index (κ3) is 6.83. The van der Waals surface area contributed by atoms with Gasteiger partial charge in [0.25, 0.3) is 0 Å². The Morgan fingerprint density at radius 2 is 1.97 bits per heavy atom. The van der Waals surface area contributed by atoms with Crippen LogP contribution < -0.4 is 20.9 Å². The van der Waals surface area contributed by atoms with Crippen molar-refractivity contribution < 1.29 is 23.1 Å².